The zero-order chi connectivity index (χ0) is 22.8. The Labute approximate surface area is 174 Å². The molecule has 0 aliphatic carbocycles. The lowest BCUT2D eigenvalue weighted by atomic mass is 9.97. The third-order valence-electron chi connectivity index (χ3n) is 4.44. The molecule has 0 bridgehead atoms. The number of pyridine rings is 1. The molecule has 31 heavy (non-hydrogen) atoms. The average molecular weight is 457 g/mol. The van der Waals surface area contributed by atoms with Gasteiger partial charge in [-0.05, 0) is 41.3 Å². The van der Waals surface area contributed by atoms with Crippen LogP contribution in [0.1, 0.15) is 22.3 Å². The molecule has 0 unspecified atom stereocenters. The maximum absolute atomic E-state index is 13.5. The molecule has 5 N–H and O–H groups in total. The predicted molar refractivity (Wildman–Crippen MR) is 103 cm³/mol. The van der Waals surface area contributed by atoms with Crippen molar-refractivity contribution >= 4 is 15.8 Å². The number of methoxy groups -OCH3 is 1. The number of tetrazole rings is 1. The Hall–Kier alpha value is -3.10. The molecule has 3 rings (SSSR count). The van der Waals surface area contributed by atoms with Gasteiger partial charge in [0.15, 0.2) is 0 Å². The number of nitrogen functional groups attached to an aromatic ring is 1. The summed E-state index contributed by atoms with van der Waals surface area (Å²) in [7, 11) is -3.29. The molecule has 0 fully saturated rings. The number of primary sulfonamides is 1. The highest BCUT2D eigenvalue weighted by atomic mass is 32.2. The fraction of sp³-hybridized carbons (Fsp3) is 0.294. The molecular formula is C17H18F3N7O3S. The van der Waals surface area contributed by atoms with Gasteiger partial charge in [0.05, 0.1) is 12.2 Å². The van der Waals surface area contributed by atoms with Crippen LogP contribution in [0, 0.1) is 0 Å². The number of halogens is 3. The molecule has 0 aliphatic heterocycles. The van der Waals surface area contributed by atoms with Crippen LogP contribution in [0.3, 0.4) is 0 Å². The van der Waals surface area contributed by atoms with Crippen molar-refractivity contribution in [1.82, 2.24) is 25.6 Å². The summed E-state index contributed by atoms with van der Waals surface area (Å²) in [5, 5.41) is 17.9. The maximum Gasteiger partial charge on any atom is 0.417 e. The second-order valence-electron chi connectivity index (χ2n) is 6.58. The number of hydrogen-bond donors (Lipinski definition) is 3. The number of nitrogens with zero attached hydrogens (tertiary/aromatic N) is 4. The van der Waals surface area contributed by atoms with Crippen LogP contribution in [0.25, 0.3) is 11.4 Å². The molecule has 0 saturated carbocycles. The Bertz CT molecular complexity index is 1180. The van der Waals surface area contributed by atoms with Gasteiger partial charge in [-0.1, -0.05) is 6.07 Å². The van der Waals surface area contributed by atoms with E-state index in [1.807, 2.05) is 0 Å². The summed E-state index contributed by atoms with van der Waals surface area (Å²) >= 11 is 0. The summed E-state index contributed by atoms with van der Waals surface area (Å²) < 4.78 is 69.9. The average Bonchev–Trinajstić information content (AvgIpc) is 3.21. The SMILES string of the molecule is COCc1cc(CCc2ccc(C(F)(F)F)c(S(N)(=O)=O)c2-c2nn[nH]n2)cnc1N. The van der Waals surface area contributed by atoms with Crippen LogP contribution >= 0.6 is 0 Å². The van der Waals surface area contributed by atoms with Gasteiger partial charge in [0, 0.05) is 24.4 Å². The van der Waals surface area contributed by atoms with Gasteiger partial charge < -0.3 is 10.5 Å². The Kier molecular flexibility index (Phi) is 6.24. The quantitative estimate of drug-likeness (QED) is 0.480. The molecule has 0 aliphatic rings. The topological polar surface area (TPSA) is 163 Å². The number of sulfonamides is 1. The summed E-state index contributed by atoms with van der Waals surface area (Å²) in [6, 6.07) is 3.60. The van der Waals surface area contributed by atoms with Gasteiger partial charge >= 0.3 is 6.18 Å². The zero-order valence-corrected chi connectivity index (χ0v) is 17.0. The van der Waals surface area contributed by atoms with E-state index in [2.05, 4.69) is 25.6 Å². The van der Waals surface area contributed by atoms with E-state index in [0.29, 0.717) is 23.9 Å². The first kappa shape index (κ1) is 22.6. The van der Waals surface area contributed by atoms with Crippen molar-refractivity contribution < 1.29 is 26.3 Å². The highest BCUT2D eigenvalue weighted by Crippen LogP contribution is 2.40. The van der Waals surface area contributed by atoms with Crippen LogP contribution in [0.2, 0.25) is 0 Å². The number of hydrogen-bond acceptors (Lipinski definition) is 8. The molecule has 0 saturated heterocycles. The van der Waals surface area contributed by atoms with E-state index >= 15 is 0 Å². The number of nitrogens with two attached hydrogens (primary N) is 2. The molecule has 0 amide bonds. The molecule has 10 nitrogen and oxygen atoms in total. The van der Waals surface area contributed by atoms with Gasteiger partial charge in [-0.25, -0.2) is 18.5 Å². The van der Waals surface area contributed by atoms with Crippen LogP contribution in [0.15, 0.2) is 29.3 Å². The van der Waals surface area contributed by atoms with Gasteiger partial charge in [0.1, 0.15) is 10.7 Å². The van der Waals surface area contributed by atoms with E-state index in [1.54, 1.807) is 6.07 Å². The monoisotopic (exact) mass is 457 g/mol. The lowest BCUT2D eigenvalue weighted by molar-refractivity contribution is -0.139. The third kappa shape index (κ3) is 4.98. The van der Waals surface area contributed by atoms with Crippen LogP contribution in [-0.2, 0) is 40.4 Å². The molecule has 166 valence electrons. The van der Waals surface area contributed by atoms with Crippen molar-refractivity contribution in [3.05, 3.63) is 46.6 Å². The van der Waals surface area contributed by atoms with Crippen molar-refractivity contribution in [1.29, 1.82) is 0 Å². The highest BCUT2D eigenvalue weighted by molar-refractivity contribution is 7.89. The lowest BCUT2D eigenvalue weighted by Crippen LogP contribution is -2.21. The van der Waals surface area contributed by atoms with Crippen molar-refractivity contribution in [3.63, 3.8) is 0 Å². The van der Waals surface area contributed by atoms with Crippen LogP contribution in [0.4, 0.5) is 19.0 Å². The second kappa shape index (κ2) is 8.56. The van der Waals surface area contributed by atoms with E-state index in [9.17, 15) is 21.6 Å². The van der Waals surface area contributed by atoms with Crippen LogP contribution in [-0.4, -0.2) is 41.1 Å². The molecule has 14 heteroatoms. The van der Waals surface area contributed by atoms with E-state index in [1.165, 1.54) is 19.4 Å². The number of benzene rings is 1. The lowest BCUT2D eigenvalue weighted by Gasteiger charge is -2.17. The highest BCUT2D eigenvalue weighted by Gasteiger charge is 2.39. The molecule has 3 aromatic rings. The predicted octanol–water partition coefficient (Wildman–Crippen LogP) is 1.44. The number of anilines is 1. The Morgan fingerprint density at radius 2 is 1.94 bits per heavy atom. The summed E-state index contributed by atoms with van der Waals surface area (Å²) in [5.41, 5.74) is 5.64. The van der Waals surface area contributed by atoms with E-state index in [4.69, 9.17) is 15.6 Å². The number of ether oxygens (including phenoxy) is 1. The molecule has 0 radical (unpaired) electrons. The van der Waals surface area contributed by atoms with Gasteiger partial charge in [-0.2, -0.15) is 18.4 Å². The largest absolute Gasteiger partial charge is 0.417 e. The fourth-order valence-corrected chi connectivity index (χ4v) is 4.12. The first-order chi connectivity index (χ1) is 14.5. The normalized spacial score (nSPS) is 12.3. The van der Waals surface area contributed by atoms with Gasteiger partial charge in [0.2, 0.25) is 15.8 Å². The van der Waals surface area contributed by atoms with Crippen molar-refractivity contribution in [2.45, 2.75) is 30.5 Å². The number of nitrogens with one attached hydrogen (secondary N) is 1. The fourth-order valence-electron chi connectivity index (χ4n) is 3.12. The first-order valence-corrected chi connectivity index (χ1v) is 10.3. The first-order valence-electron chi connectivity index (χ1n) is 8.74. The summed E-state index contributed by atoms with van der Waals surface area (Å²) in [5.74, 6) is -0.0234. The minimum absolute atomic E-state index is 0.141. The van der Waals surface area contributed by atoms with Crippen molar-refractivity contribution in [3.8, 4) is 11.4 Å². The zero-order valence-electron chi connectivity index (χ0n) is 16.1. The van der Waals surface area contributed by atoms with Crippen LogP contribution < -0.4 is 10.9 Å². The van der Waals surface area contributed by atoms with Crippen molar-refractivity contribution in [2.24, 2.45) is 5.14 Å². The van der Waals surface area contributed by atoms with Gasteiger partial charge in [0.25, 0.3) is 0 Å². The molecule has 0 spiro atoms. The second-order valence-corrected chi connectivity index (χ2v) is 8.07. The van der Waals surface area contributed by atoms with E-state index in [-0.39, 0.29) is 30.0 Å². The standard InChI is InChI=1S/C17H18F3N7O3S/c1-30-8-11-6-9(7-23-15(11)21)2-3-10-4-5-12(17(18,19)20)14(31(22,28)29)13(10)16-24-26-27-25-16/h4-7H,2-3,8H2,1H3,(H2,21,23)(H2,22,28,29)(H,24,25,26,27). The van der Waals surface area contributed by atoms with Crippen molar-refractivity contribution in [2.75, 3.05) is 12.8 Å². The number of aromatic amines is 1. The number of aryl methyl sites for hydroxylation is 2. The van der Waals surface area contributed by atoms with Gasteiger partial charge in [-0.15, -0.1) is 10.2 Å². The third-order valence-corrected chi connectivity index (χ3v) is 5.44. The number of H-pyrrole nitrogens is 1. The number of aromatic nitrogens is 5. The summed E-state index contributed by atoms with van der Waals surface area (Å²) in [6.07, 6.45) is -2.99. The number of alkyl halides is 3. The molecule has 1 aromatic carbocycles. The maximum atomic E-state index is 13.5. The molecule has 2 aromatic heterocycles. The molecular weight excluding hydrogens is 439 g/mol. The summed E-state index contributed by atoms with van der Waals surface area (Å²) in [4.78, 5) is 2.98. The number of rotatable bonds is 7. The van der Waals surface area contributed by atoms with Crippen LogP contribution in [0.5, 0.6) is 0 Å². The van der Waals surface area contributed by atoms with E-state index in [0.717, 1.165) is 5.56 Å². The molecule has 2 heterocycles. The smallest absolute Gasteiger partial charge is 0.383 e. The Morgan fingerprint density at radius 3 is 2.52 bits per heavy atom. The van der Waals surface area contributed by atoms with E-state index < -0.39 is 26.7 Å². The Morgan fingerprint density at radius 1 is 1.19 bits per heavy atom. The minimum Gasteiger partial charge on any atom is -0.383 e. The molecule has 0 atom stereocenters. The Balaban J connectivity index is 2.10. The minimum atomic E-state index is -4.96. The van der Waals surface area contributed by atoms with Gasteiger partial charge in [-0.3, -0.25) is 0 Å². The summed E-state index contributed by atoms with van der Waals surface area (Å²) in [6.45, 7) is 0.233.